The van der Waals surface area contributed by atoms with Crippen LogP contribution in [0.4, 0.5) is 0 Å². The molecule has 2 aromatic carbocycles. The molecule has 148 valence electrons. The number of nitrogens with zero attached hydrogens (tertiary/aromatic N) is 2. The second-order valence-electron chi connectivity index (χ2n) is 6.05. The molecule has 28 heavy (non-hydrogen) atoms. The van der Waals surface area contributed by atoms with Gasteiger partial charge in [0.15, 0.2) is 11.5 Å². The standard InChI is InChI=1S/C21H23ClN2O4/c1-24(11-13-27-18-8-6-17(22)7-9-18)21(25)4-3-12-28-19-10-5-16(15-23)14-20(19)26-2/h5-10,14H,3-4,11-13H2,1-2H3. The minimum Gasteiger partial charge on any atom is -0.493 e. The molecule has 0 aliphatic heterocycles. The van der Waals surface area contributed by atoms with E-state index in [-0.39, 0.29) is 5.91 Å². The molecule has 0 atom stereocenters. The van der Waals surface area contributed by atoms with E-state index in [1.807, 2.05) is 0 Å². The molecule has 0 N–H and O–H groups in total. The summed E-state index contributed by atoms with van der Waals surface area (Å²) in [6.45, 7) is 1.28. The number of hydrogen-bond acceptors (Lipinski definition) is 5. The highest BCUT2D eigenvalue weighted by atomic mass is 35.5. The van der Waals surface area contributed by atoms with Gasteiger partial charge in [0, 0.05) is 24.6 Å². The summed E-state index contributed by atoms with van der Waals surface area (Å²) in [5, 5.41) is 9.56. The molecule has 0 unspecified atom stereocenters. The average molecular weight is 403 g/mol. The largest absolute Gasteiger partial charge is 0.493 e. The van der Waals surface area contributed by atoms with Gasteiger partial charge in [0.05, 0.1) is 31.9 Å². The number of hydrogen-bond donors (Lipinski definition) is 0. The van der Waals surface area contributed by atoms with Gasteiger partial charge in [0.25, 0.3) is 0 Å². The van der Waals surface area contributed by atoms with Crippen LogP contribution >= 0.6 is 11.6 Å². The van der Waals surface area contributed by atoms with Crippen LogP contribution in [0, 0.1) is 11.3 Å². The van der Waals surface area contributed by atoms with Crippen molar-refractivity contribution in [3.05, 3.63) is 53.1 Å². The monoisotopic (exact) mass is 402 g/mol. The van der Waals surface area contributed by atoms with Gasteiger partial charge >= 0.3 is 0 Å². The molecule has 0 aliphatic carbocycles. The first-order chi connectivity index (χ1) is 13.5. The number of benzene rings is 2. The Morgan fingerprint density at radius 3 is 2.54 bits per heavy atom. The molecule has 0 heterocycles. The van der Waals surface area contributed by atoms with Crippen molar-refractivity contribution in [3.8, 4) is 23.3 Å². The lowest BCUT2D eigenvalue weighted by Crippen LogP contribution is -2.30. The number of rotatable bonds is 10. The lowest BCUT2D eigenvalue weighted by Gasteiger charge is -2.18. The molecule has 0 saturated carbocycles. The minimum absolute atomic E-state index is 0.0232. The van der Waals surface area contributed by atoms with Crippen LogP contribution in [0.2, 0.25) is 5.02 Å². The fourth-order valence-corrected chi connectivity index (χ4v) is 2.53. The van der Waals surface area contributed by atoms with E-state index < -0.39 is 0 Å². The first kappa shape index (κ1) is 21.4. The zero-order chi connectivity index (χ0) is 20.4. The summed E-state index contributed by atoms with van der Waals surface area (Å²) >= 11 is 5.83. The van der Waals surface area contributed by atoms with Crippen LogP contribution in [-0.4, -0.2) is 44.7 Å². The van der Waals surface area contributed by atoms with Gasteiger partial charge in [-0.05, 0) is 42.8 Å². The molecule has 2 rings (SSSR count). The van der Waals surface area contributed by atoms with Gasteiger partial charge in [-0.1, -0.05) is 11.6 Å². The van der Waals surface area contributed by atoms with Crippen LogP contribution in [0.25, 0.3) is 0 Å². The number of carbonyl (C=O) groups is 1. The van der Waals surface area contributed by atoms with E-state index in [2.05, 4.69) is 6.07 Å². The molecule has 0 fully saturated rings. The number of nitriles is 1. The van der Waals surface area contributed by atoms with E-state index in [9.17, 15) is 4.79 Å². The van der Waals surface area contributed by atoms with Gasteiger partial charge in [-0.25, -0.2) is 0 Å². The van der Waals surface area contributed by atoms with Crippen molar-refractivity contribution in [1.29, 1.82) is 5.26 Å². The van der Waals surface area contributed by atoms with E-state index in [1.54, 1.807) is 54.4 Å². The van der Waals surface area contributed by atoms with Crippen LogP contribution in [-0.2, 0) is 4.79 Å². The van der Waals surface area contributed by atoms with Crippen LogP contribution in [0.3, 0.4) is 0 Å². The van der Waals surface area contributed by atoms with Gasteiger partial charge in [-0.15, -0.1) is 0 Å². The van der Waals surface area contributed by atoms with Gasteiger partial charge in [-0.2, -0.15) is 5.26 Å². The zero-order valence-electron chi connectivity index (χ0n) is 16.0. The smallest absolute Gasteiger partial charge is 0.222 e. The molecule has 0 radical (unpaired) electrons. The zero-order valence-corrected chi connectivity index (χ0v) is 16.7. The van der Waals surface area contributed by atoms with Gasteiger partial charge in [0.2, 0.25) is 5.91 Å². The van der Waals surface area contributed by atoms with Gasteiger partial charge in [-0.3, -0.25) is 4.79 Å². The van der Waals surface area contributed by atoms with Crippen LogP contribution in [0.5, 0.6) is 17.2 Å². The van der Waals surface area contributed by atoms with Crippen molar-refractivity contribution in [2.24, 2.45) is 0 Å². The van der Waals surface area contributed by atoms with Crippen molar-refractivity contribution in [2.75, 3.05) is 33.9 Å². The summed E-state index contributed by atoms with van der Waals surface area (Å²) in [7, 11) is 3.27. The Hall–Kier alpha value is -2.91. The van der Waals surface area contributed by atoms with Gasteiger partial charge < -0.3 is 19.1 Å². The van der Waals surface area contributed by atoms with Crippen molar-refractivity contribution in [2.45, 2.75) is 12.8 Å². The van der Waals surface area contributed by atoms with E-state index in [0.717, 1.165) is 5.75 Å². The number of halogens is 1. The Balaban J connectivity index is 1.67. The molecular weight excluding hydrogens is 380 g/mol. The maximum atomic E-state index is 12.2. The Labute approximate surface area is 170 Å². The Morgan fingerprint density at radius 2 is 1.86 bits per heavy atom. The fourth-order valence-electron chi connectivity index (χ4n) is 2.41. The molecule has 0 aromatic heterocycles. The summed E-state index contributed by atoms with van der Waals surface area (Å²) in [6.07, 6.45) is 0.945. The number of likely N-dealkylation sites (N-methyl/N-ethyl adjacent to an activating group) is 1. The minimum atomic E-state index is 0.0232. The van der Waals surface area contributed by atoms with Gasteiger partial charge in [0.1, 0.15) is 12.4 Å². The third-order valence-corrected chi connectivity index (χ3v) is 4.27. The Morgan fingerprint density at radius 1 is 1.11 bits per heavy atom. The first-order valence-corrected chi connectivity index (χ1v) is 9.24. The highest BCUT2D eigenvalue weighted by Gasteiger charge is 2.10. The topological polar surface area (TPSA) is 71.8 Å². The number of methoxy groups -OCH3 is 1. The first-order valence-electron chi connectivity index (χ1n) is 8.86. The predicted octanol–water partition coefficient (Wildman–Crippen LogP) is 3.92. The average Bonchev–Trinajstić information content (AvgIpc) is 2.72. The van der Waals surface area contributed by atoms with Crippen molar-refractivity contribution >= 4 is 17.5 Å². The molecule has 0 aliphatic rings. The third kappa shape index (κ3) is 6.67. The van der Waals surface area contributed by atoms with E-state index in [0.29, 0.717) is 54.7 Å². The summed E-state index contributed by atoms with van der Waals surface area (Å²) in [6, 6.07) is 14.1. The van der Waals surface area contributed by atoms with E-state index in [1.165, 1.54) is 7.11 Å². The SMILES string of the molecule is COc1cc(C#N)ccc1OCCCC(=O)N(C)CCOc1ccc(Cl)cc1. The lowest BCUT2D eigenvalue weighted by atomic mass is 10.2. The Kier molecular flexibility index (Phi) is 8.44. The number of ether oxygens (including phenoxy) is 3. The molecule has 1 amide bonds. The van der Waals surface area contributed by atoms with Crippen molar-refractivity contribution in [3.63, 3.8) is 0 Å². The second kappa shape index (κ2) is 11.1. The lowest BCUT2D eigenvalue weighted by molar-refractivity contribution is -0.130. The van der Waals surface area contributed by atoms with E-state index >= 15 is 0 Å². The predicted molar refractivity (Wildman–Crippen MR) is 107 cm³/mol. The van der Waals surface area contributed by atoms with Crippen LogP contribution in [0.1, 0.15) is 18.4 Å². The highest BCUT2D eigenvalue weighted by Crippen LogP contribution is 2.28. The summed E-state index contributed by atoms with van der Waals surface area (Å²) < 4.78 is 16.5. The molecule has 2 aromatic rings. The quantitative estimate of drug-likeness (QED) is 0.563. The van der Waals surface area contributed by atoms with Crippen LogP contribution in [0.15, 0.2) is 42.5 Å². The maximum absolute atomic E-state index is 12.2. The maximum Gasteiger partial charge on any atom is 0.222 e. The van der Waals surface area contributed by atoms with Crippen LogP contribution < -0.4 is 14.2 Å². The summed E-state index contributed by atoms with van der Waals surface area (Å²) in [5.74, 6) is 1.80. The molecule has 7 heteroatoms. The van der Waals surface area contributed by atoms with Crippen molar-refractivity contribution < 1.29 is 19.0 Å². The molecule has 0 spiro atoms. The fraction of sp³-hybridized carbons (Fsp3) is 0.333. The highest BCUT2D eigenvalue weighted by molar-refractivity contribution is 6.30. The Bertz CT molecular complexity index is 818. The summed E-state index contributed by atoms with van der Waals surface area (Å²) in [5.41, 5.74) is 0.502. The van der Waals surface area contributed by atoms with Crippen molar-refractivity contribution in [1.82, 2.24) is 4.90 Å². The molecule has 0 bridgehead atoms. The molecule has 0 saturated heterocycles. The second-order valence-corrected chi connectivity index (χ2v) is 6.48. The molecular formula is C21H23ClN2O4. The van der Waals surface area contributed by atoms with E-state index in [4.69, 9.17) is 31.1 Å². The summed E-state index contributed by atoms with van der Waals surface area (Å²) in [4.78, 5) is 13.8. The number of carbonyl (C=O) groups excluding carboxylic acids is 1. The number of amides is 1. The third-order valence-electron chi connectivity index (χ3n) is 4.02. The normalized spacial score (nSPS) is 10.1. The molecule has 6 nitrogen and oxygen atoms in total.